The molecule has 3 rings (SSSR count). The molecule has 0 aliphatic rings. The first-order chi connectivity index (χ1) is 14.4. The van der Waals surface area contributed by atoms with Crippen LogP contribution in [0.2, 0.25) is 0 Å². The molecule has 0 N–H and O–H groups in total. The molecule has 0 saturated carbocycles. The van der Waals surface area contributed by atoms with E-state index >= 15 is 0 Å². The molecule has 6 nitrogen and oxygen atoms in total. The number of hydrogen-bond acceptors (Lipinski definition) is 5. The zero-order valence-electron chi connectivity index (χ0n) is 15.4. The number of ether oxygens (including phenoxy) is 1. The van der Waals surface area contributed by atoms with Crippen LogP contribution in [0.4, 0.5) is 5.69 Å². The molecule has 0 radical (unpaired) electrons. The van der Waals surface area contributed by atoms with Crippen molar-refractivity contribution < 1.29 is 14.5 Å². The molecule has 3 aromatic carbocycles. The Hall–Kier alpha value is -1.73. The molecule has 0 aliphatic heterocycles. The summed E-state index contributed by atoms with van der Waals surface area (Å²) in [7, 11) is 0. The van der Waals surface area contributed by atoms with Gasteiger partial charge in [-0.05, 0) is 86.1 Å². The lowest BCUT2D eigenvalue weighted by atomic mass is 10.2. The van der Waals surface area contributed by atoms with Crippen molar-refractivity contribution >= 4 is 73.0 Å². The van der Waals surface area contributed by atoms with Crippen molar-refractivity contribution in [2.45, 2.75) is 13.2 Å². The SMILES string of the molecule is O=[N+]([O-])c1cccc(CO/N=C\c2cc(I)c(OCc3ccc(Br)cc3)c(I)c2)c1. The Morgan fingerprint density at radius 3 is 2.37 bits per heavy atom. The summed E-state index contributed by atoms with van der Waals surface area (Å²) >= 11 is 7.90. The quantitative estimate of drug-likeness (QED) is 0.114. The summed E-state index contributed by atoms with van der Waals surface area (Å²) in [6.45, 7) is 0.639. The van der Waals surface area contributed by atoms with Crippen molar-refractivity contribution in [2.75, 3.05) is 0 Å². The fourth-order valence-corrected chi connectivity index (χ4v) is 4.89. The van der Waals surface area contributed by atoms with Crippen molar-refractivity contribution in [2.24, 2.45) is 5.16 Å². The first-order valence-electron chi connectivity index (χ1n) is 8.67. The number of rotatable bonds is 8. The number of nitro benzene ring substituents is 1. The molecule has 0 saturated heterocycles. The Morgan fingerprint density at radius 1 is 1.00 bits per heavy atom. The molecular weight excluding hydrogens is 678 g/mol. The maximum atomic E-state index is 10.8. The van der Waals surface area contributed by atoms with Crippen molar-refractivity contribution in [1.29, 1.82) is 0 Å². The van der Waals surface area contributed by atoms with Gasteiger partial charge in [0, 0.05) is 16.6 Å². The summed E-state index contributed by atoms with van der Waals surface area (Å²) in [5.74, 6) is 0.828. The van der Waals surface area contributed by atoms with Crippen LogP contribution < -0.4 is 4.74 Å². The van der Waals surface area contributed by atoms with Gasteiger partial charge in [0.2, 0.25) is 0 Å². The lowest BCUT2D eigenvalue weighted by Crippen LogP contribution is -2.00. The van der Waals surface area contributed by atoms with Crippen LogP contribution in [0.1, 0.15) is 16.7 Å². The maximum Gasteiger partial charge on any atom is 0.269 e. The molecule has 0 spiro atoms. The molecule has 0 bridgehead atoms. The van der Waals surface area contributed by atoms with E-state index in [-0.39, 0.29) is 12.3 Å². The van der Waals surface area contributed by atoms with Gasteiger partial charge in [-0.25, -0.2) is 0 Å². The van der Waals surface area contributed by atoms with E-state index in [9.17, 15) is 10.1 Å². The van der Waals surface area contributed by atoms with E-state index in [1.165, 1.54) is 12.1 Å². The third-order valence-corrected chi connectivity index (χ3v) is 6.08. The number of nitro groups is 1. The largest absolute Gasteiger partial charge is 0.487 e. The van der Waals surface area contributed by atoms with E-state index in [4.69, 9.17) is 9.57 Å². The van der Waals surface area contributed by atoms with Crippen LogP contribution in [0, 0.1) is 17.3 Å². The van der Waals surface area contributed by atoms with Crippen LogP contribution in [-0.2, 0) is 18.1 Å². The predicted octanol–water partition coefficient (Wildman–Crippen LogP) is 6.70. The van der Waals surface area contributed by atoms with Crippen LogP contribution in [0.15, 0.2) is 70.3 Å². The number of hydrogen-bond donors (Lipinski definition) is 0. The molecule has 0 amide bonds. The van der Waals surface area contributed by atoms with Gasteiger partial charge in [-0.15, -0.1) is 0 Å². The second-order valence-electron chi connectivity index (χ2n) is 6.16. The fourth-order valence-electron chi connectivity index (χ4n) is 2.50. The summed E-state index contributed by atoms with van der Waals surface area (Å²) in [5.41, 5.74) is 2.67. The van der Waals surface area contributed by atoms with Gasteiger partial charge >= 0.3 is 0 Å². The van der Waals surface area contributed by atoms with Gasteiger partial charge in [0.15, 0.2) is 0 Å². The minimum absolute atomic E-state index is 0.0305. The highest BCUT2D eigenvalue weighted by Gasteiger charge is 2.09. The lowest BCUT2D eigenvalue weighted by molar-refractivity contribution is -0.384. The number of nitrogens with zero attached hydrogens (tertiary/aromatic N) is 2. The standard InChI is InChI=1S/C21H15BrI2N2O4/c22-17-6-4-14(5-7-17)12-29-21-19(23)9-16(10-20(21)24)11-25-30-13-15-2-1-3-18(8-15)26(27)28/h1-11H,12-13H2/b25-11-. The van der Waals surface area contributed by atoms with Crippen LogP contribution in [0.3, 0.4) is 0 Å². The maximum absolute atomic E-state index is 10.8. The number of halogens is 3. The van der Waals surface area contributed by atoms with Crippen molar-refractivity contribution in [3.05, 3.63) is 99.1 Å². The van der Waals surface area contributed by atoms with Crippen LogP contribution in [0.5, 0.6) is 5.75 Å². The highest BCUT2D eigenvalue weighted by Crippen LogP contribution is 2.29. The van der Waals surface area contributed by atoms with Gasteiger partial charge in [0.25, 0.3) is 5.69 Å². The monoisotopic (exact) mass is 692 g/mol. The van der Waals surface area contributed by atoms with Crippen LogP contribution in [0.25, 0.3) is 0 Å². The van der Waals surface area contributed by atoms with Crippen molar-refractivity contribution in [3.63, 3.8) is 0 Å². The van der Waals surface area contributed by atoms with Gasteiger partial charge in [0.05, 0.1) is 18.3 Å². The summed E-state index contributed by atoms with van der Waals surface area (Å²) in [4.78, 5) is 15.7. The van der Waals surface area contributed by atoms with Gasteiger partial charge in [-0.2, -0.15) is 0 Å². The smallest absolute Gasteiger partial charge is 0.269 e. The third kappa shape index (κ3) is 6.64. The average Bonchev–Trinajstić information content (AvgIpc) is 2.72. The minimum atomic E-state index is -0.434. The van der Waals surface area contributed by atoms with E-state index in [0.717, 1.165) is 28.5 Å². The van der Waals surface area contributed by atoms with Gasteiger partial charge in [0.1, 0.15) is 19.0 Å². The number of benzene rings is 3. The van der Waals surface area contributed by atoms with Crippen LogP contribution >= 0.6 is 61.1 Å². The number of oxime groups is 1. The van der Waals surface area contributed by atoms with Gasteiger partial charge in [-0.1, -0.05) is 45.4 Å². The molecule has 30 heavy (non-hydrogen) atoms. The predicted molar refractivity (Wildman–Crippen MR) is 136 cm³/mol. The summed E-state index contributed by atoms with van der Waals surface area (Å²) in [6.07, 6.45) is 1.61. The topological polar surface area (TPSA) is 74.0 Å². The molecule has 0 aromatic heterocycles. The minimum Gasteiger partial charge on any atom is -0.487 e. The zero-order chi connectivity index (χ0) is 21.5. The Bertz CT molecular complexity index is 1050. The van der Waals surface area contributed by atoms with E-state index in [1.807, 2.05) is 36.4 Å². The first-order valence-corrected chi connectivity index (χ1v) is 11.6. The molecule has 0 unspecified atom stereocenters. The van der Waals surface area contributed by atoms with E-state index < -0.39 is 4.92 Å². The van der Waals surface area contributed by atoms with E-state index in [1.54, 1.807) is 18.3 Å². The molecule has 0 heterocycles. The fraction of sp³-hybridized carbons (Fsp3) is 0.0952. The summed E-state index contributed by atoms with van der Waals surface area (Å²) in [6, 6.07) is 18.2. The highest BCUT2D eigenvalue weighted by atomic mass is 127. The average molecular weight is 693 g/mol. The Labute approximate surface area is 209 Å². The summed E-state index contributed by atoms with van der Waals surface area (Å²) < 4.78 is 8.97. The highest BCUT2D eigenvalue weighted by molar-refractivity contribution is 14.1. The molecule has 9 heteroatoms. The molecule has 0 aliphatic carbocycles. The molecule has 3 aromatic rings. The summed E-state index contributed by atoms with van der Waals surface area (Å²) in [5, 5.41) is 14.8. The first kappa shape index (κ1) is 22.9. The van der Waals surface area contributed by atoms with E-state index in [2.05, 4.69) is 66.3 Å². The van der Waals surface area contributed by atoms with Crippen molar-refractivity contribution in [3.8, 4) is 5.75 Å². The molecule has 0 fully saturated rings. The number of non-ortho nitro benzene ring substituents is 1. The third-order valence-electron chi connectivity index (χ3n) is 3.95. The zero-order valence-corrected chi connectivity index (χ0v) is 21.3. The van der Waals surface area contributed by atoms with Gasteiger partial charge < -0.3 is 9.57 Å². The van der Waals surface area contributed by atoms with Crippen molar-refractivity contribution in [1.82, 2.24) is 0 Å². The Balaban J connectivity index is 1.59. The van der Waals surface area contributed by atoms with E-state index in [0.29, 0.717) is 12.2 Å². The molecular formula is C21H15BrI2N2O4. The molecule has 0 atom stereocenters. The second kappa shape index (κ2) is 11.0. The second-order valence-corrected chi connectivity index (χ2v) is 9.40. The Morgan fingerprint density at radius 2 is 1.70 bits per heavy atom. The molecule has 154 valence electrons. The Kier molecular flexibility index (Phi) is 8.45. The lowest BCUT2D eigenvalue weighted by Gasteiger charge is -2.11. The normalized spacial score (nSPS) is 10.9. The van der Waals surface area contributed by atoms with Crippen LogP contribution in [-0.4, -0.2) is 11.1 Å². The van der Waals surface area contributed by atoms with Gasteiger partial charge in [-0.3, -0.25) is 10.1 Å².